The molecule has 0 aliphatic carbocycles. The molecule has 1 amide bonds. The van der Waals surface area contributed by atoms with Crippen molar-refractivity contribution in [3.8, 4) is 17.0 Å². The first kappa shape index (κ1) is 16.7. The lowest BCUT2D eigenvalue weighted by Crippen LogP contribution is -2.27. The second-order valence-corrected chi connectivity index (χ2v) is 5.39. The van der Waals surface area contributed by atoms with Crippen LogP contribution in [0.25, 0.3) is 11.3 Å². The average molecular weight is 336 g/mol. The Labute approximate surface area is 146 Å². The largest absolute Gasteiger partial charge is 0.493 e. The number of pyridine rings is 1. The molecule has 128 valence electrons. The molecular weight excluding hydrogens is 316 g/mol. The Balaban J connectivity index is 1.57. The highest BCUT2D eigenvalue weighted by atomic mass is 16.5. The van der Waals surface area contributed by atoms with E-state index in [1.165, 1.54) is 0 Å². The Morgan fingerprint density at radius 3 is 2.76 bits per heavy atom. The van der Waals surface area contributed by atoms with E-state index in [0.717, 1.165) is 11.3 Å². The number of para-hydroxylation sites is 1. The van der Waals surface area contributed by atoms with E-state index in [-0.39, 0.29) is 5.91 Å². The molecule has 2 heterocycles. The summed E-state index contributed by atoms with van der Waals surface area (Å²) < 4.78 is 7.30. The van der Waals surface area contributed by atoms with Crippen molar-refractivity contribution in [1.29, 1.82) is 0 Å². The van der Waals surface area contributed by atoms with Gasteiger partial charge in [-0.25, -0.2) is 0 Å². The number of ether oxygens (including phenoxy) is 1. The molecular formula is C19H20N4O2. The summed E-state index contributed by atoms with van der Waals surface area (Å²) in [6.45, 7) is 3.49. The number of hydrogen-bond donors (Lipinski definition) is 1. The first-order chi connectivity index (χ1) is 12.3. The Morgan fingerprint density at radius 2 is 1.96 bits per heavy atom. The molecule has 1 N–H and O–H groups in total. The van der Waals surface area contributed by atoms with Gasteiger partial charge >= 0.3 is 0 Å². The highest BCUT2D eigenvalue weighted by Gasteiger charge is 2.11. The fourth-order valence-electron chi connectivity index (χ4n) is 2.48. The molecule has 0 unspecified atom stereocenters. The third-order valence-corrected chi connectivity index (χ3v) is 3.67. The summed E-state index contributed by atoms with van der Waals surface area (Å²) in [6.07, 6.45) is 5.38. The summed E-state index contributed by atoms with van der Waals surface area (Å²) in [5.74, 6) is 0.451. The van der Waals surface area contributed by atoms with Gasteiger partial charge in [0.25, 0.3) is 5.91 Å². The number of carbonyl (C=O) groups excluding carboxylic acids is 1. The van der Waals surface area contributed by atoms with Crippen LogP contribution in [0, 0.1) is 0 Å². The quantitative estimate of drug-likeness (QED) is 0.720. The van der Waals surface area contributed by atoms with Crippen molar-refractivity contribution in [2.45, 2.75) is 13.5 Å². The highest BCUT2D eigenvalue weighted by Crippen LogP contribution is 2.17. The van der Waals surface area contributed by atoms with Gasteiger partial charge in [0.2, 0.25) is 0 Å². The molecule has 3 rings (SSSR count). The zero-order chi connectivity index (χ0) is 17.5. The van der Waals surface area contributed by atoms with E-state index in [0.29, 0.717) is 31.0 Å². The number of rotatable bonds is 7. The summed E-state index contributed by atoms with van der Waals surface area (Å²) >= 11 is 0. The molecule has 25 heavy (non-hydrogen) atoms. The normalized spacial score (nSPS) is 10.4. The van der Waals surface area contributed by atoms with Crippen LogP contribution in [0.3, 0.4) is 0 Å². The molecule has 0 aliphatic rings. The lowest BCUT2D eigenvalue weighted by Gasteiger charge is -2.10. The molecule has 3 aromatic rings. The van der Waals surface area contributed by atoms with Gasteiger partial charge in [0.15, 0.2) is 0 Å². The molecule has 0 spiro atoms. The predicted octanol–water partition coefficient (Wildman–Crippen LogP) is 2.77. The molecule has 0 radical (unpaired) electrons. The topological polar surface area (TPSA) is 69.0 Å². The van der Waals surface area contributed by atoms with Crippen molar-refractivity contribution in [2.75, 3.05) is 13.2 Å². The molecule has 0 saturated heterocycles. The zero-order valence-corrected chi connectivity index (χ0v) is 14.1. The third kappa shape index (κ3) is 4.23. The SMILES string of the molecule is CCOc1ccccc1C(=O)NCCn1ccc(-c2ccncc2)n1. The molecule has 6 nitrogen and oxygen atoms in total. The third-order valence-electron chi connectivity index (χ3n) is 3.67. The molecule has 0 saturated carbocycles. The van der Waals surface area contributed by atoms with E-state index >= 15 is 0 Å². The van der Waals surface area contributed by atoms with Gasteiger partial charge in [0.05, 0.1) is 24.4 Å². The maximum absolute atomic E-state index is 12.3. The van der Waals surface area contributed by atoms with Gasteiger partial charge in [-0.2, -0.15) is 5.10 Å². The van der Waals surface area contributed by atoms with Gasteiger partial charge in [0.1, 0.15) is 5.75 Å². The number of nitrogens with zero attached hydrogens (tertiary/aromatic N) is 3. The minimum atomic E-state index is -0.148. The average Bonchev–Trinajstić information content (AvgIpc) is 3.12. The van der Waals surface area contributed by atoms with Crippen LogP contribution in [0.2, 0.25) is 0 Å². The molecule has 2 aromatic heterocycles. The maximum Gasteiger partial charge on any atom is 0.255 e. The zero-order valence-electron chi connectivity index (χ0n) is 14.1. The molecule has 0 aliphatic heterocycles. The van der Waals surface area contributed by atoms with Gasteiger partial charge in [-0.15, -0.1) is 0 Å². The van der Waals surface area contributed by atoms with Crippen molar-refractivity contribution in [3.63, 3.8) is 0 Å². The second-order valence-electron chi connectivity index (χ2n) is 5.39. The number of aromatic nitrogens is 3. The fourth-order valence-corrected chi connectivity index (χ4v) is 2.48. The number of benzene rings is 1. The van der Waals surface area contributed by atoms with Gasteiger partial charge in [-0.05, 0) is 37.3 Å². The van der Waals surface area contributed by atoms with E-state index < -0.39 is 0 Å². The van der Waals surface area contributed by atoms with Crippen molar-refractivity contribution in [1.82, 2.24) is 20.1 Å². The summed E-state index contributed by atoms with van der Waals surface area (Å²) in [5.41, 5.74) is 2.45. The number of amides is 1. The first-order valence-corrected chi connectivity index (χ1v) is 8.22. The number of hydrogen-bond acceptors (Lipinski definition) is 4. The monoisotopic (exact) mass is 336 g/mol. The van der Waals surface area contributed by atoms with Crippen molar-refractivity contribution >= 4 is 5.91 Å². The van der Waals surface area contributed by atoms with Gasteiger partial charge in [-0.3, -0.25) is 14.5 Å². The minimum absolute atomic E-state index is 0.148. The summed E-state index contributed by atoms with van der Waals surface area (Å²) in [4.78, 5) is 16.3. The van der Waals surface area contributed by atoms with Crippen molar-refractivity contribution < 1.29 is 9.53 Å². The summed E-state index contributed by atoms with van der Waals surface area (Å²) in [5, 5.41) is 7.42. The van der Waals surface area contributed by atoms with E-state index in [1.54, 1.807) is 24.5 Å². The highest BCUT2D eigenvalue weighted by molar-refractivity contribution is 5.96. The Hall–Kier alpha value is -3.15. The van der Waals surface area contributed by atoms with E-state index in [9.17, 15) is 4.79 Å². The van der Waals surface area contributed by atoms with Gasteiger partial charge in [-0.1, -0.05) is 12.1 Å². The summed E-state index contributed by atoms with van der Waals surface area (Å²) in [6, 6.07) is 13.0. The standard InChI is InChI=1S/C19H20N4O2/c1-2-25-18-6-4-3-5-16(18)19(24)21-12-14-23-13-9-17(22-23)15-7-10-20-11-8-15/h3-11,13H,2,12,14H2,1H3,(H,21,24). The number of carbonyl (C=O) groups is 1. The van der Waals surface area contributed by atoms with Crippen LogP contribution in [0.4, 0.5) is 0 Å². The minimum Gasteiger partial charge on any atom is -0.493 e. The van der Waals surface area contributed by atoms with Crippen molar-refractivity contribution in [2.24, 2.45) is 0 Å². The van der Waals surface area contributed by atoms with Crippen LogP contribution in [-0.2, 0) is 6.54 Å². The van der Waals surface area contributed by atoms with Crippen LogP contribution in [0.15, 0.2) is 61.1 Å². The molecule has 6 heteroatoms. The summed E-state index contributed by atoms with van der Waals surface area (Å²) in [7, 11) is 0. The first-order valence-electron chi connectivity index (χ1n) is 8.22. The Bertz CT molecular complexity index is 830. The molecule has 0 fully saturated rings. The molecule has 0 bridgehead atoms. The van der Waals surface area contributed by atoms with E-state index in [2.05, 4.69) is 15.4 Å². The van der Waals surface area contributed by atoms with Gasteiger partial charge < -0.3 is 10.1 Å². The second kappa shape index (κ2) is 8.10. The van der Waals surface area contributed by atoms with Crippen LogP contribution < -0.4 is 10.1 Å². The molecule has 1 aromatic carbocycles. The van der Waals surface area contributed by atoms with Gasteiger partial charge in [0, 0.05) is 30.7 Å². The van der Waals surface area contributed by atoms with Crippen LogP contribution in [0.5, 0.6) is 5.75 Å². The Morgan fingerprint density at radius 1 is 1.16 bits per heavy atom. The number of nitrogens with one attached hydrogen (secondary N) is 1. The maximum atomic E-state index is 12.3. The predicted molar refractivity (Wildman–Crippen MR) is 95.4 cm³/mol. The van der Waals surface area contributed by atoms with Crippen molar-refractivity contribution in [3.05, 3.63) is 66.6 Å². The van der Waals surface area contributed by atoms with E-state index in [4.69, 9.17) is 4.74 Å². The lowest BCUT2D eigenvalue weighted by molar-refractivity contribution is 0.0948. The van der Waals surface area contributed by atoms with Crippen LogP contribution >= 0.6 is 0 Å². The van der Waals surface area contributed by atoms with Crippen LogP contribution in [0.1, 0.15) is 17.3 Å². The smallest absolute Gasteiger partial charge is 0.255 e. The fraction of sp³-hybridized carbons (Fsp3) is 0.211. The van der Waals surface area contributed by atoms with E-state index in [1.807, 2.05) is 48.1 Å². The van der Waals surface area contributed by atoms with Crippen LogP contribution in [-0.4, -0.2) is 33.8 Å². The lowest BCUT2D eigenvalue weighted by atomic mass is 10.2. The molecule has 0 atom stereocenters. The Kier molecular flexibility index (Phi) is 5.41.